The predicted molar refractivity (Wildman–Crippen MR) is 63.4 cm³/mol. The lowest BCUT2D eigenvalue weighted by Crippen LogP contribution is -2.50. The summed E-state index contributed by atoms with van der Waals surface area (Å²) in [6, 6.07) is 2.72. The first-order valence-corrected chi connectivity index (χ1v) is 6.80. The molecule has 2 fully saturated rings. The number of halogens is 3. The van der Waals surface area contributed by atoms with Crippen molar-refractivity contribution >= 4 is 0 Å². The Kier molecular flexibility index (Phi) is 4.36. The second kappa shape index (κ2) is 5.68. The van der Waals surface area contributed by atoms with Gasteiger partial charge in [0.05, 0.1) is 25.2 Å². The van der Waals surface area contributed by atoms with Crippen LogP contribution in [-0.4, -0.2) is 30.5 Å². The first kappa shape index (κ1) is 14.6. The predicted octanol–water partition coefficient (Wildman–Crippen LogP) is 2.91. The van der Waals surface area contributed by atoms with Crippen molar-refractivity contribution in [1.82, 2.24) is 5.32 Å². The number of nitrogens with one attached hydrogen (secondary N) is 1. The molecule has 2 saturated carbocycles. The van der Waals surface area contributed by atoms with Gasteiger partial charge < -0.3 is 4.74 Å². The molecule has 2 atom stereocenters. The molecule has 2 unspecified atom stereocenters. The summed E-state index contributed by atoms with van der Waals surface area (Å²) in [6.07, 6.45) is -0.325. The minimum atomic E-state index is -4.17. The summed E-state index contributed by atoms with van der Waals surface area (Å²) in [6.45, 7) is -0.306. The molecule has 2 aliphatic rings. The third-order valence-electron chi connectivity index (χ3n) is 3.72. The van der Waals surface area contributed by atoms with Crippen LogP contribution in [-0.2, 0) is 4.74 Å². The van der Waals surface area contributed by atoms with Crippen molar-refractivity contribution in [1.29, 1.82) is 5.26 Å². The lowest BCUT2D eigenvalue weighted by atomic mass is 9.81. The fraction of sp³-hybridized carbons (Fsp3) is 0.923. The second-order valence-electron chi connectivity index (χ2n) is 5.57. The van der Waals surface area contributed by atoms with E-state index in [1.54, 1.807) is 0 Å². The highest BCUT2D eigenvalue weighted by atomic mass is 19.4. The van der Waals surface area contributed by atoms with Crippen molar-refractivity contribution in [2.24, 2.45) is 0 Å². The van der Waals surface area contributed by atoms with E-state index in [0.717, 1.165) is 32.1 Å². The van der Waals surface area contributed by atoms with Gasteiger partial charge in [0.2, 0.25) is 0 Å². The smallest absolute Gasteiger partial charge is 0.378 e. The molecule has 0 amide bonds. The van der Waals surface area contributed by atoms with Crippen LogP contribution in [0, 0.1) is 11.3 Å². The van der Waals surface area contributed by atoms with Crippen molar-refractivity contribution in [3.05, 3.63) is 0 Å². The van der Waals surface area contributed by atoms with Crippen LogP contribution in [0.5, 0.6) is 0 Å². The fourth-order valence-corrected chi connectivity index (χ4v) is 2.59. The van der Waals surface area contributed by atoms with Gasteiger partial charge in [0.25, 0.3) is 0 Å². The summed E-state index contributed by atoms with van der Waals surface area (Å²) in [5.41, 5.74) is -0.595. The summed E-state index contributed by atoms with van der Waals surface area (Å²) in [7, 11) is 0. The molecular formula is C13H19F3N2O. The highest BCUT2D eigenvalue weighted by Crippen LogP contribution is 2.34. The number of nitriles is 1. The Morgan fingerprint density at radius 3 is 2.63 bits per heavy atom. The minimum absolute atomic E-state index is 0.234. The normalized spacial score (nSPS) is 32.0. The molecule has 108 valence electrons. The maximum absolute atomic E-state index is 12.1. The Bertz CT molecular complexity index is 349. The third kappa shape index (κ3) is 4.66. The van der Waals surface area contributed by atoms with Gasteiger partial charge in [0.15, 0.2) is 0 Å². The van der Waals surface area contributed by atoms with Crippen LogP contribution in [0.3, 0.4) is 0 Å². The molecule has 19 heavy (non-hydrogen) atoms. The Morgan fingerprint density at radius 1 is 1.32 bits per heavy atom. The highest BCUT2D eigenvalue weighted by molar-refractivity contribution is 5.12. The Hall–Kier alpha value is -0.800. The van der Waals surface area contributed by atoms with E-state index in [4.69, 9.17) is 4.74 Å². The van der Waals surface area contributed by atoms with Gasteiger partial charge >= 0.3 is 6.18 Å². The molecule has 2 aliphatic carbocycles. The van der Waals surface area contributed by atoms with Gasteiger partial charge in [-0.05, 0) is 32.1 Å². The monoisotopic (exact) mass is 276 g/mol. The first-order chi connectivity index (χ1) is 8.92. The second-order valence-corrected chi connectivity index (χ2v) is 5.57. The minimum Gasteiger partial charge on any atom is -0.378 e. The quantitative estimate of drug-likeness (QED) is 0.839. The molecule has 0 bridgehead atoms. The molecular weight excluding hydrogens is 257 g/mol. The zero-order valence-corrected chi connectivity index (χ0v) is 10.8. The van der Waals surface area contributed by atoms with E-state index in [-0.39, 0.29) is 12.7 Å². The van der Waals surface area contributed by atoms with Gasteiger partial charge in [-0.1, -0.05) is 0 Å². The summed E-state index contributed by atoms with van der Waals surface area (Å²) in [5, 5.41) is 12.7. The SMILES string of the molecule is N#CC1(NC2CC2)CCCC(OCCC(F)(F)F)C1. The topological polar surface area (TPSA) is 45.0 Å². The van der Waals surface area contributed by atoms with Crippen molar-refractivity contribution in [2.75, 3.05) is 6.61 Å². The van der Waals surface area contributed by atoms with Crippen molar-refractivity contribution < 1.29 is 17.9 Å². The Labute approximate surface area is 111 Å². The summed E-state index contributed by atoms with van der Waals surface area (Å²) >= 11 is 0. The summed E-state index contributed by atoms with van der Waals surface area (Å²) in [5.74, 6) is 0. The van der Waals surface area contributed by atoms with Crippen molar-refractivity contribution in [3.63, 3.8) is 0 Å². The van der Waals surface area contributed by atoms with Crippen LogP contribution in [0.25, 0.3) is 0 Å². The average Bonchev–Trinajstić information content (AvgIpc) is 3.12. The molecule has 0 heterocycles. The molecule has 0 saturated heterocycles. The zero-order valence-electron chi connectivity index (χ0n) is 10.8. The summed E-state index contributed by atoms with van der Waals surface area (Å²) in [4.78, 5) is 0. The molecule has 6 heteroatoms. The molecule has 0 radical (unpaired) electrons. The molecule has 1 N–H and O–H groups in total. The Morgan fingerprint density at radius 2 is 2.05 bits per heavy atom. The van der Waals surface area contributed by atoms with Crippen molar-refractivity contribution in [2.45, 2.75) is 68.8 Å². The average molecular weight is 276 g/mol. The largest absolute Gasteiger partial charge is 0.391 e. The molecule has 0 aliphatic heterocycles. The van der Waals surface area contributed by atoms with E-state index in [0.29, 0.717) is 12.5 Å². The highest BCUT2D eigenvalue weighted by Gasteiger charge is 2.41. The lowest BCUT2D eigenvalue weighted by molar-refractivity contribution is -0.150. The van der Waals surface area contributed by atoms with Gasteiger partial charge in [0, 0.05) is 12.5 Å². The number of alkyl halides is 3. The number of rotatable bonds is 5. The Balaban J connectivity index is 1.80. The number of hydrogen-bond donors (Lipinski definition) is 1. The number of ether oxygens (including phenoxy) is 1. The van der Waals surface area contributed by atoms with Gasteiger partial charge in [-0.25, -0.2) is 0 Å². The van der Waals surface area contributed by atoms with Crippen LogP contribution in [0.4, 0.5) is 13.2 Å². The zero-order chi connectivity index (χ0) is 13.9. The van der Waals surface area contributed by atoms with Crippen molar-refractivity contribution in [3.8, 4) is 6.07 Å². The van der Waals surface area contributed by atoms with Crippen LogP contribution in [0.2, 0.25) is 0 Å². The molecule has 2 rings (SSSR count). The van der Waals surface area contributed by atoms with E-state index in [1.807, 2.05) is 0 Å². The number of hydrogen-bond acceptors (Lipinski definition) is 3. The maximum Gasteiger partial charge on any atom is 0.391 e. The number of nitrogens with zero attached hydrogens (tertiary/aromatic N) is 1. The van der Waals surface area contributed by atoms with Crippen LogP contribution in [0.15, 0.2) is 0 Å². The lowest BCUT2D eigenvalue weighted by Gasteiger charge is -2.36. The van der Waals surface area contributed by atoms with Crippen LogP contribution in [0.1, 0.15) is 44.9 Å². The molecule has 0 aromatic rings. The molecule has 0 spiro atoms. The van der Waals surface area contributed by atoms with Crippen LogP contribution >= 0.6 is 0 Å². The first-order valence-electron chi connectivity index (χ1n) is 6.80. The third-order valence-corrected chi connectivity index (χ3v) is 3.72. The van der Waals surface area contributed by atoms with E-state index in [9.17, 15) is 18.4 Å². The molecule has 3 nitrogen and oxygen atoms in total. The van der Waals surface area contributed by atoms with Gasteiger partial charge in [-0.2, -0.15) is 18.4 Å². The van der Waals surface area contributed by atoms with Gasteiger partial charge in [0.1, 0.15) is 5.54 Å². The van der Waals surface area contributed by atoms with E-state index < -0.39 is 18.1 Å². The molecule has 0 aromatic carbocycles. The van der Waals surface area contributed by atoms with E-state index in [1.165, 1.54) is 0 Å². The van der Waals surface area contributed by atoms with E-state index in [2.05, 4.69) is 11.4 Å². The van der Waals surface area contributed by atoms with Crippen LogP contribution < -0.4 is 5.32 Å². The standard InChI is InChI=1S/C13H19F3N2O/c14-13(15,16)6-7-19-11-2-1-5-12(8-11,9-17)18-10-3-4-10/h10-11,18H,1-8H2. The maximum atomic E-state index is 12.1. The van der Waals surface area contributed by atoms with Gasteiger partial charge in [-0.15, -0.1) is 0 Å². The molecule has 0 aromatic heterocycles. The summed E-state index contributed by atoms with van der Waals surface area (Å²) < 4.78 is 41.5. The fourth-order valence-electron chi connectivity index (χ4n) is 2.59. The van der Waals surface area contributed by atoms with E-state index >= 15 is 0 Å². The van der Waals surface area contributed by atoms with Gasteiger partial charge in [-0.3, -0.25) is 5.32 Å².